The Balaban J connectivity index is 0. The van der Waals surface area contributed by atoms with E-state index in [1.807, 2.05) is 0 Å². The van der Waals surface area contributed by atoms with Crippen molar-refractivity contribution in [2.24, 2.45) is 0 Å². The molecule has 0 N–H and O–H groups in total. The zero-order valence-electron chi connectivity index (χ0n) is 12.8. The molecular formula is C15H32O3. The first-order valence-electron chi connectivity index (χ1n) is 6.90. The molecule has 0 aromatic rings. The summed E-state index contributed by atoms with van der Waals surface area (Å²) >= 11 is 0. The number of hydrogen-bond acceptors (Lipinski definition) is 3. The van der Waals surface area contributed by atoms with Gasteiger partial charge in [0.2, 0.25) is 0 Å². The summed E-state index contributed by atoms with van der Waals surface area (Å²) in [6.45, 7) is 8.24. The smallest absolute Gasteiger partial charge is 0.282 e. The molecule has 0 saturated carbocycles. The molecule has 3 nitrogen and oxygen atoms in total. The van der Waals surface area contributed by atoms with Crippen LogP contribution in [0, 0.1) is 0 Å². The van der Waals surface area contributed by atoms with E-state index in [1.165, 1.54) is 38.5 Å². The minimum Gasteiger partial charge on any atom is -0.331 e. The van der Waals surface area contributed by atoms with E-state index in [2.05, 4.69) is 20.1 Å². The first kappa shape index (κ1) is 19.9. The highest BCUT2D eigenvalue weighted by Crippen LogP contribution is 2.21. The highest BCUT2D eigenvalue weighted by atomic mass is 16.9. The topological polar surface area (TPSA) is 27.7 Å². The lowest BCUT2D eigenvalue weighted by Crippen LogP contribution is -2.35. The van der Waals surface area contributed by atoms with E-state index in [-0.39, 0.29) is 0 Å². The first-order valence-corrected chi connectivity index (χ1v) is 6.90. The Kier molecular flexibility index (Phi) is 16.3. The Bertz CT molecular complexity index is 148. The average Bonchev–Trinajstić information content (AvgIpc) is 2.45. The quantitative estimate of drug-likeness (QED) is 0.310. The summed E-state index contributed by atoms with van der Waals surface area (Å²) in [7, 11) is 4.86. The number of methoxy groups -OCH3 is 3. The molecule has 0 aliphatic rings. The Morgan fingerprint density at radius 3 is 1.50 bits per heavy atom. The monoisotopic (exact) mass is 260 g/mol. The van der Waals surface area contributed by atoms with Gasteiger partial charge in [0.25, 0.3) is 5.97 Å². The SMILES string of the molecule is C=C.CCCCCCCCCC(OC)(OC)OC. The van der Waals surface area contributed by atoms with Gasteiger partial charge in [-0.25, -0.2) is 0 Å². The lowest BCUT2D eigenvalue weighted by atomic mass is 10.1. The standard InChI is InChI=1S/C13H28O3.C2H4/c1-5-6-7-8-9-10-11-12-13(14-2,15-3)16-4;1-2/h5-12H2,1-4H3;1-2H2. The van der Waals surface area contributed by atoms with E-state index < -0.39 is 5.97 Å². The van der Waals surface area contributed by atoms with Gasteiger partial charge in [0.05, 0.1) is 0 Å². The Labute approximate surface area is 114 Å². The van der Waals surface area contributed by atoms with Crippen molar-refractivity contribution in [3.63, 3.8) is 0 Å². The summed E-state index contributed by atoms with van der Waals surface area (Å²) in [6, 6.07) is 0. The van der Waals surface area contributed by atoms with Crippen molar-refractivity contribution < 1.29 is 14.2 Å². The maximum absolute atomic E-state index is 5.24. The van der Waals surface area contributed by atoms with Gasteiger partial charge in [-0.05, 0) is 6.42 Å². The van der Waals surface area contributed by atoms with Crippen molar-refractivity contribution in [1.29, 1.82) is 0 Å². The van der Waals surface area contributed by atoms with Gasteiger partial charge in [-0.1, -0.05) is 45.4 Å². The number of ether oxygens (including phenoxy) is 3. The van der Waals surface area contributed by atoms with Gasteiger partial charge in [0, 0.05) is 27.8 Å². The molecule has 0 heterocycles. The maximum atomic E-state index is 5.24. The summed E-state index contributed by atoms with van der Waals surface area (Å²) in [4.78, 5) is 0. The minimum atomic E-state index is -0.830. The van der Waals surface area contributed by atoms with Crippen LogP contribution < -0.4 is 0 Å². The second-order valence-electron chi connectivity index (χ2n) is 4.17. The molecule has 0 spiro atoms. The third-order valence-electron chi connectivity index (χ3n) is 3.02. The summed E-state index contributed by atoms with van der Waals surface area (Å²) in [5.74, 6) is -0.830. The van der Waals surface area contributed by atoms with E-state index in [0.29, 0.717) is 0 Å². The second-order valence-corrected chi connectivity index (χ2v) is 4.17. The first-order chi connectivity index (χ1) is 8.74. The fourth-order valence-corrected chi connectivity index (χ4v) is 1.85. The lowest BCUT2D eigenvalue weighted by Gasteiger charge is -2.28. The largest absolute Gasteiger partial charge is 0.331 e. The van der Waals surface area contributed by atoms with Gasteiger partial charge < -0.3 is 14.2 Å². The predicted molar refractivity (Wildman–Crippen MR) is 77.6 cm³/mol. The van der Waals surface area contributed by atoms with Crippen LogP contribution in [0.4, 0.5) is 0 Å². The van der Waals surface area contributed by atoms with Gasteiger partial charge in [0.1, 0.15) is 0 Å². The highest BCUT2D eigenvalue weighted by molar-refractivity contribution is 4.56. The van der Waals surface area contributed by atoms with Crippen LogP contribution in [0.5, 0.6) is 0 Å². The Morgan fingerprint density at radius 2 is 1.11 bits per heavy atom. The molecule has 0 aliphatic heterocycles. The molecule has 3 heteroatoms. The van der Waals surface area contributed by atoms with Crippen molar-refractivity contribution >= 4 is 0 Å². The molecule has 0 atom stereocenters. The third kappa shape index (κ3) is 9.63. The average molecular weight is 260 g/mol. The third-order valence-corrected chi connectivity index (χ3v) is 3.02. The van der Waals surface area contributed by atoms with Crippen LogP contribution >= 0.6 is 0 Å². The van der Waals surface area contributed by atoms with Gasteiger partial charge in [-0.2, -0.15) is 0 Å². The van der Waals surface area contributed by atoms with Gasteiger partial charge in [-0.15, -0.1) is 13.2 Å². The zero-order chi connectivity index (χ0) is 14.3. The van der Waals surface area contributed by atoms with E-state index in [1.54, 1.807) is 21.3 Å². The van der Waals surface area contributed by atoms with Crippen LogP contribution in [-0.2, 0) is 14.2 Å². The van der Waals surface area contributed by atoms with Crippen LogP contribution in [0.2, 0.25) is 0 Å². The summed E-state index contributed by atoms with van der Waals surface area (Å²) in [5, 5.41) is 0. The molecule has 0 aromatic carbocycles. The van der Waals surface area contributed by atoms with Crippen molar-refractivity contribution in [3.05, 3.63) is 13.2 Å². The van der Waals surface area contributed by atoms with Crippen LogP contribution in [0.3, 0.4) is 0 Å². The fourth-order valence-electron chi connectivity index (χ4n) is 1.85. The summed E-state index contributed by atoms with van der Waals surface area (Å²) in [6.07, 6.45) is 9.77. The lowest BCUT2D eigenvalue weighted by molar-refractivity contribution is -0.355. The van der Waals surface area contributed by atoms with E-state index in [9.17, 15) is 0 Å². The van der Waals surface area contributed by atoms with Crippen molar-refractivity contribution in [2.45, 2.75) is 64.3 Å². The molecule has 0 aromatic heterocycles. The summed E-state index contributed by atoms with van der Waals surface area (Å²) in [5.41, 5.74) is 0. The van der Waals surface area contributed by atoms with E-state index >= 15 is 0 Å². The maximum Gasteiger partial charge on any atom is 0.282 e. The Hall–Kier alpha value is -0.380. The molecule has 0 unspecified atom stereocenters. The molecule has 0 amide bonds. The predicted octanol–water partition coefficient (Wildman–Crippen LogP) is 4.52. The normalized spacial score (nSPS) is 10.9. The van der Waals surface area contributed by atoms with Crippen molar-refractivity contribution in [1.82, 2.24) is 0 Å². The number of unbranched alkanes of at least 4 members (excludes halogenated alkanes) is 6. The van der Waals surface area contributed by atoms with Gasteiger partial charge in [-0.3, -0.25) is 0 Å². The Morgan fingerprint density at radius 1 is 0.722 bits per heavy atom. The van der Waals surface area contributed by atoms with Gasteiger partial charge >= 0.3 is 0 Å². The second kappa shape index (κ2) is 14.7. The van der Waals surface area contributed by atoms with Crippen molar-refractivity contribution in [3.8, 4) is 0 Å². The molecule has 18 heavy (non-hydrogen) atoms. The highest BCUT2D eigenvalue weighted by Gasteiger charge is 2.28. The van der Waals surface area contributed by atoms with E-state index in [4.69, 9.17) is 14.2 Å². The van der Waals surface area contributed by atoms with Crippen LogP contribution in [-0.4, -0.2) is 27.3 Å². The molecule has 0 saturated heterocycles. The summed E-state index contributed by atoms with van der Waals surface area (Å²) < 4.78 is 15.7. The molecule has 0 aliphatic carbocycles. The zero-order valence-corrected chi connectivity index (χ0v) is 12.8. The minimum absolute atomic E-state index is 0.796. The molecule has 0 bridgehead atoms. The molecular weight excluding hydrogens is 228 g/mol. The van der Waals surface area contributed by atoms with E-state index in [0.717, 1.165) is 12.8 Å². The van der Waals surface area contributed by atoms with Crippen LogP contribution in [0.15, 0.2) is 13.2 Å². The molecule has 110 valence electrons. The van der Waals surface area contributed by atoms with Crippen LogP contribution in [0.25, 0.3) is 0 Å². The number of rotatable bonds is 11. The molecule has 0 fully saturated rings. The molecule has 0 rings (SSSR count). The number of hydrogen-bond donors (Lipinski definition) is 0. The van der Waals surface area contributed by atoms with Crippen LogP contribution in [0.1, 0.15) is 58.3 Å². The van der Waals surface area contributed by atoms with Crippen molar-refractivity contribution in [2.75, 3.05) is 21.3 Å². The fraction of sp³-hybridized carbons (Fsp3) is 0.867. The molecule has 0 radical (unpaired) electrons. The van der Waals surface area contributed by atoms with Gasteiger partial charge in [0.15, 0.2) is 0 Å².